The van der Waals surface area contributed by atoms with Crippen molar-refractivity contribution in [3.8, 4) is 0 Å². The lowest BCUT2D eigenvalue weighted by molar-refractivity contribution is -0.175. The number of esters is 1. The summed E-state index contributed by atoms with van der Waals surface area (Å²) in [5, 5.41) is 2.88. The molecule has 0 saturated heterocycles. The number of rotatable bonds is 5. The molecule has 16 heavy (non-hydrogen) atoms. The van der Waals surface area contributed by atoms with Crippen molar-refractivity contribution in [2.24, 2.45) is 0 Å². The number of thioether (sulfide) groups is 1. The number of carbonyl (C=O) groups is 2. The highest BCUT2D eigenvalue weighted by Gasteiger charge is 2.40. The van der Waals surface area contributed by atoms with Crippen LogP contribution in [0.25, 0.3) is 0 Å². The van der Waals surface area contributed by atoms with E-state index in [1.807, 2.05) is 0 Å². The van der Waals surface area contributed by atoms with Crippen molar-refractivity contribution >= 4 is 23.6 Å². The largest absolute Gasteiger partial charge is 0.471 e. The maximum Gasteiger partial charge on any atom is 0.471 e. The van der Waals surface area contributed by atoms with E-state index < -0.39 is 24.1 Å². The third-order valence-electron chi connectivity index (χ3n) is 1.43. The van der Waals surface area contributed by atoms with E-state index in [1.165, 1.54) is 10.7 Å². The number of amides is 1. The maximum absolute atomic E-state index is 11.9. The molecule has 0 unspecified atom stereocenters. The van der Waals surface area contributed by atoms with Crippen LogP contribution >= 0.6 is 11.8 Å². The number of hydrogen-bond acceptors (Lipinski definition) is 4. The Hall–Kier alpha value is -1.18. The summed E-state index contributed by atoms with van der Waals surface area (Å²) in [7, 11) is 1.02. The highest BCUT2D eigenvalue weighted by molar-refractivity contribution is 8.02. The van der Waals surface area contributed by atoms with E-state index >= 15 is 0 Å². The maximum atomic E-state index is 11.9. The van der Waals surface area contributed by atoms with Crippen molar-refractivity contribution in [2.45, 2.75) is 12.2 Å². The predicted molar refractivity (Wildman–Crippen MR) is 52.7 cm³/mol. The van der Waals surface area contributed by atoms with Gasteiger partial charge in [0, 0.05) is 5.75 Å². The minimum absolute atomic E-state index is 0.0714. The van der Waals surface area contributed by atoms with Crippen LogP contribution in [0, 0.1) is 0 Å². The molecule has 92 valence electrons. The fraction of sp³-hybridized carbons (Fsp3) is 0.500. The lowest BCUT2D eigenvalue weighted by atomic mass is 10.3. The number of carbonyl (C=O) groups excluding carboxylic acids is 2. The van der Waals surface area contributed by atoms with E-state index in [4.69, 9.17) is 0 Å². The van der Waals surface area contributed by atoms with E-state index in [9.17, 15) is 22.8 Å². The van der Waals surface area contributed by atoms with Gasteiger partial charge < -0.3 is 10.1 Å². The molecule has 0 aliphatic heterocycles. The number of halogens is 3. The molecule has 0 heterocycles. The van der Waals surface area contributed by atoms with Gasteiger partial charge in [0.25, 0.3) is 0 Å². The van der Waals surface area contributed by atoms with E-state index in [-0.39, 0.29) is 5.75 Å². The molecule has 0 bridgehead atoms. The van der Waals surface area contributed by atoms with Gasteiger partial charge in [0.2, 0.25) is 0 Å². The van der Waals surface area contributed by atoms with Gasteiger partial charge in [-0.05, 0) is 5.41 Å². The van der Waals surface area contributed by atoms with Crippen LogP contribution in [0.3, 0.4) is 0 Å². The quantitative estimate of drug-likeness (QED) is 0.749. The molecule has 1 atom stereocenters. The molecule has 0 aromatic heterocycles. The Morgan fingerprint density at radius 3 is 2.50 bits per heavy atom. The number of nitrogens with one attached hydrogen (secondary N) is 1. The molecule has 0 saturated carbocycles. The first kappa shape index (κ1) is 14.8. The number of hydrogen-bond donors (Lipinski definition) is 1. The molecule has 1 amide bonds. The predicted octanol–water partition coefficient (Wildman–Crippen LogP) is 1.08. The van der Waals surface area contributed by atoms with Gasteiger partial charge in [-0.1, -0.05) is 6.58 Å². The summed E-state index contributed by atoms with van der Waals surface area (Å²) < 4.78 is 40.0. The lowest BCUT2D eigenvalue weighted by Crippen LogP contribution is -2.48. The van der Waals surface area contributed by atoms with Crippen LogP contribution in [0.5, 0.6) is 0 Å². The Morgan fingerprint density at radius 1 is 1.56 bits per heavy atom. The second kappa shape index (κ2) is 6.41. The van der Waals surface area contributed by atoms with E-state index in [0.717, 1.165) is 18.9 Å². The molecule has 0 aromatic carbocycles. The first-order valence-electron chi connectivity index (χ1n) is 4.01. The zero-order valence-electron chi connectivity index (χ0n) is 8.34. The SMILES string of the molecule is C=CSC[C@H](NC(=O)C(F)(F)F)C(=O)OC. The van der Waals surface area contributed by atoms with Gasteiger partial charge in [0.15, 0.2) is 0 Å². The van der Waals surface area contributed by atoms with Gasteiger partial charge >= 0.3 is 18.1 Å². The molecule has 0 aliphatic rings. The van der Waals surface area contributed by atoms with Crippen LogP contribution in [0.4, 0.5) is 13.2 Å². The van der Waals surface area contributed by atoms with Crippen molar-refractivity contribution in [1.29, 1.82) is 0 Å². The second-order valence-corrected chi connectivity index (χ2v) is 3.55. The number of alkyl halides is 3. The summed E-state index contributed by atoms with van der Waals surface area (Å²) in [6, 6.07) is -1.35. The zero-order valence-corrected chi connectivity index (χ0v) is 9.15. The van der Waals surface area contributed by atoms with Crippen LogP contribution in [0.1, 0.15) is 0 Å². The third-order valence-corrected chi connectivity index (χ3v) is 2.19. The third kappa shape index (κ3) is 5.06. The molecule has 4 nitrogen and oxygen atoms in total. The van der Waals surface area contributed by atoms with Crippen molar-refractivity contribution in [3.05, 3.63) is 12.0 Å². The van der Waals surface area contributed by atoms with Crippen molar-refractivity contribution < 1.29 is 27.5 Å². The van der Waals surface area contributed by atoms with Gasteiger partial charge in [0.1, 0.15) is 6.04 Å². The standard InChI is InChI=1S/C8H10F3NO3S/c1-3-16-4-5(6(13)15-2)12-7(14)8(9,10)11/h3,5H,1,4H2,2H3,(H,12,14)/t5-/m0/s1. The smallest absolute Gasteiger partial charge is 0.467 e. The van der Waals surface area contributed by atoms with Gasteiger partial charge in [-0.3, -0.25) is 4.79 Å². The highest BCUT2D eigenvalue weighted by Crippen LogP contribution is 2.15. The fourth-order valence-electron chi connectivity index (χ4n) is 0.715. The highest BCUT2D eigenvalue weighted by atomic mass is 32.2. The Bertz CT molecular complexity index is 280. The lowest BCUT2D eigenvalue weighted by Gasteiger charge is -2.16. The molecular formula is C8H10F3NO3S. The Balaban J connectivity index is 4.48. The summed E-state index contributed by atoms with van der Waals surface area (Å²) in [5.41, 5.74) is 0. The first-order chi connectivity index (χ1) is 7.32. The summed E-state index contributed by atoms with van der Waals surface area (Å²) in [6.07, 6.45) is -5.02. The van der Waals surface area contributed by atoms with Crippen LogP contribution < -0.4 is 5.32 Å². The summed E-state index contributed by atoms with van der Waals surface area (Å²) >= 11 is 0.994. The molecule has 8 heteroatoms. The van der Waals surface area contributed by atoms with Crippen LogP contribution in [-0.2, 0) is 14.3 Å². The minimum atomic E-state index is -5.02. The van der Waals surface area contributed by atoms with E-state index in [2.05, 4.69) is 11.3 Å². The molecule has 0 aliphatic carbocycles. The number of methoxy groups -OCH3 is 1. The topological polar surface area (TPSA) is 55.4 Å². The zero-order chi connectivity index (χ0) is 12.8. The van der Waals surface area contributed by atoms with Gasteiger partial charge in [-0.25, -0.2) is 4.79 Å². The van der Waals surface area contributed by atoms with Gasteiger partial charge in [-0.15, -0.1) is 11.8 Å². The average Bonchev–Trinajstić information content (AvgIpc) is 2.21. The van der Waals surface area contributed by atoms with Crippen molar-refractivity contribution in [1.82, 2.24) is 5.32 Å². The number of ether oxygens (including phenoxy) is 1. The van der Waals surface area contributed by atoms with Gasteiger partial charge in [-0.2, -0.15) is 13.2 Å². The van der Waals surface area contributed by atoms with E-state index in [0.29, 0.717) is 0 Å². The summed E-state index contributed by atoms with van der Waals surface area (Å²) in [5.74, 6) is -3.18. The summed E-state index contributed by atoms with van der Waals surface area (Å²) in [4.78, 5) is 21.6. The molecule has 0 spiro atoms. The van der Waals surface area contributed by atoms with E-state index in [1.54, 1.807) is 0 Å². The van der Waals surface area contributed by atoms with Crippen molar-refractivity contribution in [2.75, 3.05) is 12.9 Å². The Morgan fingerprint density at radius 2 is 2.12 bits per heavy atom. The van der Waals surface area contributed by atoms with Crippen LogP contribution in [0.15, 0.2) is 12.0 Å². The first-order valence-corrected chi connectivity index (χ1v) is 5.05. The Labute approximate surface area is 94.2 Å². The second-order valence-electron chi connectivity index (χ2n) is 2.55. The molecule has 0 aromatic rings. The molecule has 0 fully saturated rings. The van der Waals surface area contributed by atoms with Gasteiger partial charge in [0.05, 0.1) is 7.11 Å². The minimum Gasteiger partial charge on any atom is -0.467 e. The average molecular weight is 257 g/mol. The fourth-order valence-corrected chi connectivity index (χ4v) is 1.26. The van der Waals surface area contributed by atoms with Crippen molar-refractivity contribution in [3.63, 3.8) is 0 Å². The molecule has 0 radical (unpaired) electrons. The monoisotopic (exact) mass is 257 g/mol. The molecule has 1 N–H and O–H groups in total. The molecule has 0 rings (SSSR count). The van der Waals surface area contributed by atoms with Crippen LogP contribution in [0.2, 0.25) is 0 Å². The Kier molecular flexibility index (Phi) is 5.94. The molecular weight excluding hydrogens is 247 g/mol. The summed E-state index contributed by atoms with van der Waals surface area (Å²) in [6.45, 7) is 3.32. The van der Waals surface area contributed by atoms with Crippen LogP contribution in [-0.4, -0.2) is 37.0 Å². The normalized spacial score (nSPS) is 12.8.